The summed E-state index contributed by atoms with van der Waals surface area (Å²) in [5.74, 6) is 0.688. The third-order valence-electron chi connectivity index (χ3n) is 5.23. The van der Waals surface area contributed by atoms with E-state index in [4.69, 9.17) is 5.73 Å². The fourth-order valence-electron chi connectivity index (χ4n) is 3.68. The number of nitrogens with zero attached hydrogens (tertiary/aromatic N) is 3. The van der Waals surface area contributed by atoms with Gasteiger partial charge in [-0.3, -0.25) is 9.59 Å². The monoisotopic (exact) mass is 360 g/mol. The van der Waals surface area contributed by atoms with Gasteiger partial charge in [-0.25, -0.2) is 4.98 Å². The number of anilines is 2. The molecular formula is C18H28N6O2. The highest BCUT2D eigenvalue weighted by Crippen LogP contribution is 2.24. The van der Waals surface area contributed by atoms with Crippen LogP contribution in [-0.4, -0.2) is 51.9 Å². The van der Waals surface area contributed by atoms with Gasteiger partial charge >= 0.3 is 0 Å². The number of piperidine rings is 1. The number of hydrogen-bond acceptors (Lipinski definition) is 6. The molecule has 0 radical (unpaired) electrons. The van der Waals surface area contributed by atoms with Gasteiger partial charge in [-0.1, -0.05) is 19.8 Å². The van der Waals surface area contributed by atoms with Crippen LogP contribution in [0.3, 0.4) is 0 Å². The highest BCUT2D eigenvalue weighted by Gasteiger charge is 2.23. The first kappa shape index (κ1) is 18.4. The highest BCUT2D eigenvalue weighted by molar-refractivity contribution is 5.97. The summed E-state index contributed by atoms with van der Waals surface area (Å²) in [5.41, 5.74) is 5.79. The van der Waals surface area contributed by atoms with E-state index in [1.54, 1.807) is 0 Å². The lowest BCUT2D eigenvalue weighted by Crippen LogP contribution is -2.42. The molecule has 0 unspecified atom stereocenters. The van der Waals surface area contributed by atoms with Crippen LogP contribution in [0.1, 0.15) is 62.2 Å². The summed E-state index contributed by atoms with van der Waals surface area (Å²) in [6.07, 6.45) is 8.29. The van der Waals surface area contributed by atoms with Gasteiger partial charge in [-0.15, -0.1) is 0 Å². The standard InChI is InChI=1S/C18H28N6O2/c1-2-15(25)24-9-7-13(8-10-24)22-18-20-11-14(16(19)26)17(23-18)21-12-5-3-4-6-12/h11-13H,2-10H2,1H3,(H2,19,26)(H2,20,21,22,23). The molecule has 2 fully saturated rings. The predicted octanol–water partition coefficient (Wildman–Crippen LogP) is 1.74. The summed E-state index contributed by atoms with van der Waals surface area (Å²) in [6, 6.07) is 0.550. The van der Waals surface area contributed by atoms with E-state index < -0.39 is 5.91 Å². The molecule has 3 rings (SSSR count). The summed E-state index contributed by atoms with van der Waals surface area (Å²) in [4.78, 5) is 34.1. The average molecular weight is 360 g/mol. The minimum absolute atomic E-state index is 0.202. The Morgan fingerprint density at radius 2 is 1.81 bits per heavy atom. The van der Waals surface area contributed by atoms with Crippen molar-refractivity contribution in [1.29, 1.82) is 0 Å². The number of carbonyl (C=O) groups is 2. The molecule has 2 heterocycles. The van der Waals surface area contributed by atoms with Crippen molar-refractivity contribution < 1.29 is 9.59 Å². The molecule has 0 atom stereocenters. The Kier molecular flexibility index (Phi) is 5.90. The van der Waals surface area contributed by atoms with Gasteiger partial charge in [0.1, 0.15) is 5.82 Å². The summed E-state index contributed by atoms with van der Waals surface area (Å²) in [6.45, 7) is 3.38. The lowest BCUT2D eigenvalue weighted by Gasteiger charge is -2.32. The van der Waals surface area contributed by atoms with Crippen LogP contribution >= 0.6 is 0 Å². The van der Waals surface area contributed by atoms with Crippen LogP contribution in [0.2, 0.25) is 0 Å². The molecule has 1 saturated heterocycles. The smallest absolute Gasteiger partial charge is 0.254 e. The number of rotatable bonds is 6. The predicted molar refractivity (Wildman–Crippen MR) is 99.9 cm³/mol. The molecule has 2 amide bonds. The molecule has 1 aliphatic heterocycles. The molecule has 8 nitrogen and oxygen atoms in total. The second-order valence-corrected chi connectivity index (χ2v) is 7.10. The number of nitrogens with two attached hydrogens (primary N) is 1. The van der Waals surface area contributed by atoms with Gasteiger partial charge in [0.25, 0.3) is 5.91 Å². The zero-order chi connectivity index (χ0) is 18.5. The van der Waals surface area contributed by atoms with E-state index >= 15 is 0 Å². The Balaban J connectivity index is 1.64. The van der Waals surface area contributed by atoms with E-state index in [0.29, 0.717) is 29.8 Å². The zero-order valence-electron chi connectivity index (χ0n) is 15.3. The number of likely N-dealkylation sites (tertiary alicyclic amines) is 1. The molecule has 1 aromatic heterocycles. The summed E-state index contributed by atoms with van der Waals surface area (Å²) >= 11 is 0. The molecule has 2 aliphatic rings. The minimum atomic E-state index is -0.525. The van der Waals surface area contributed by atoms with Crippen molar-refractivity contribution in [3.05, 3.63) is 11.8 Å². The van der Waals surface area contributed by atoms with Crippen molar-refractivity contribution in [3.63, 3.8) is 0 Å². The fraction of sp³-hybridized carbons (Fsp3) is 0.667. The van der Waals surface area contributed by atoms with Crippen molar-refractivity contribution >= 4 is 23.6 Å². The van der Waals surface area contributed by atoms with Crippen LogP contribution in [0, 0.1) is 0 Å². The maximum atomic E-state index is 11.8. The lowest BCUT2D eigenvalue weighted by atomic mass is 10.0. The number of amides is 2. The Labute approximate surface area is 153 Å². The third-order valence-corrected chi connectivity index (χ3v) is 5.23. The topological polar surface area (TPSA) is 113 Å². The van der Waals surface area contributed by atoms with Gasteiger partial charge < -0.3 is 21.3 Å². The molecule has 142 valence electrons. The molecule has 0 bridgehead atoms. The summed E-state index contributed by atoms with van der Waals surface area (Å²) < 4.78 is 0. The van der Waals surface area contributed by atoms with Gasteiger partial charge in [0.05, 0.1) is 5.56 Å². The van der Waals surface area contributed by atoms with E-state index in [1.807, 2.05) is 11.8 Å². The lowest BCUT2D eigenvalue weighted by molar-refractivity contribution is -0.131. The van der Waals surface area contributed by atoms with Crippen LogP contribution in [0.5, 0.6) is 0 Å². The molecule has 1 aromatic rings. The Bertz CT molecular complexity index is 651. The van der Waals surface area contributed by atoms with Gasteiger partial charge in [0.15, 0.2) is 0 Å². The van der Waals surface area contributed by atoms with Gasteiger partial charge in [-0.2, -0.15) is 4.98 Å². The second-order valence-electron chi connectivity index (χ2n) is 7.10. The number of nitrogens with one attached hydrogen (secondary N) is 2. The molecule has 0 spiro atoms. The Morgan fingerprint density at radius 1 is 1.15 bits per heavy atom. The minimum Gasteiger partial charge on any atom is -0.367 e. The van der Waals surface area contributed by atoms with Crippen molar-refractivity contribution in [1.82, 2.24) is 14.9 Å². The molecule has 8 heteroatoms. The first-order valence-electron chi connectivity index (χ1n) is 9.54. The van der Waals surface area contributed by atoms with Crippen LogP contribution in [0.4, 0.5) is 11.8 Å². The number of hydrogen-bond donors (Lipinski definition) is 3. The molecule has 1 saturated carbocycles. The van der Waals surface area contributed by atoms with E-state index in [0.717, 1.165) is 38.8 Å². The van der Waals surface area contributed by atoms with E-state index in [9.17, 15) is 9.59 Å². The summed E-state index contributed by atoms with van der Waals surface area (Å²) in [7, 11) is 0. The SMILES string of the molecule is CCC(=O)N1CCC(Nc2ncc(C(N)=O)c(NC3CCCC3)n2)CC1. The van der Waals surface area contributed by atoms with Crippen LogP contribution in [-0.2, 0) is 4.79 Å². The number of aromatic nitrogens is 2. The molecule has 26 heavy (non-hydrogen) atoms. The van der Waals surface area contributed by atoms with Crippen LogP contribution < -0.4 is 16.4 Å². The second kappa shape index (κ2) is 8.33. The number of primary amides is 1. The van der Waals surface area contributed by atoms with E-state index in [-0.39, 0.29) is 11.9 Å². The van der Waals surface area contributed by atoms with Gasteiger partial charge in [0.2, 0.25) is 11.9 Å². The van der Waals surface area contributed by atoms with Crippen molar-refractivity contribution in [3.8, 4) is 0 Å². The first-order chi connectivity index (χ1) is 12.6. The maximum Gasteiger partial charge on any atom is 0.254 e. The normalized spacial score (nSPS) is 18.7. The van der Waals surface area contributed by atoms with Crippen molar-refractivity contribution in [2.45, 2.75) is 64.0 Å². The van der Waals surface area contributed by atoms with Crippen molar-refractivity contribution in [2.75, 3.05) is 23.7 Å². The largest absolute Gasteiger partial charge is 0.367 e. The first-order valence-corrected chi connectivity index (χ1v) is 9.54. The molecule has 1 aliphatic carbocycles. The zero-order valence-corrected chi connectivity index (χ0v) is 15.3. The Morgan fingerprint density at radius 3 is 2.42 bits per heavy atom. The average Bonchev–Trinajstić information content (AvgIpc) is 3.14. The molecule has 0 aromatic carbocycles. The van der Waals surface area contributed by atoms with E-state index in [2.05, 4.69) is 20.6 Å². The van der Waals surface area contributed by atoms with Gasteiger partial charge in [0, 0.05) is 37.8 Å². The highest BCUT2D eigenvalue weighted by atomic mass is 16.2. The number of carbonyl (C=O) groups excluding carboxylic acids is 2. The third kappa shape index (κ3) is 4.42. The Hall–Kier alpha value is -2.38. The van der Waals surface area contributed by atoms with Crippen LogP contribution in [0.15, 0.2) is 6.20 Å². The van der Waals surface area contributed by atoms with Crippen LogP contribution in [0.25, 0.3) is 0 Å². The molecular weight excluding hydrogens is 332 g/mol. The summed E-state index contributed by atoms with van der Waals surface area (Å²) in [5, 5.41) is 6.69. The quantitative estimate of drug-likeness (QED) is 0.712. The van der Waals surface area contributed by atoms with Crippen molar-refractivity contribution in [2.24, 2.45) is 5.73 Å². The molecule has 4 N–H and O–H groups in total. The van der Waals surface area contributed by atoms with E-state index in [1.165, 1.54) is 19.0 Å². The fourth-order valence-corrected chi connectivity index (χ4v) is 3.68. The maximum absolute atomic E-state index is 11.8. The van der Waals surface area contributed by atoms with Gasteiger partial charge in [-0.05, 0) is 25.7 Å².